The number of nitrogens with one attached hydrogen (secondary N) is 1. The van der Waals surface area contributed by atoms with E-state index in [0.29, 0.717) is 22.4 Å². The van der Waals surface area contributed by atoms with Crippen molar-refractivity contribution in [3.8, 4) is 0 Å². The number of anilines is 1. The molecule has 0 saturated heterocycles. The van der Waals surface area contributed by atoms with Gasteiger partial charge < -0.3 is 5.32 Å². The zero-order valence-electron chi connectivity index (χ0n) is 7.88. The van der Waals surface area contributed by atoms with Crippen LogP contribution in [0.3, 0.4) is 0 Å². The van der Waals surface area contributed by atoms with Gasteiger partial charge in [0.15, 0.2) is 0 Å². The van der Waals surface area contributed by atoms with E-state index in [1.165, 1.54) is 0 Å². The van der Waals surface area contributed by atoms with E-state index in [1.807, 2.05) is 5.38 Å². The second-order valence-electron chi connectivity index (χ2n) is 2.87. The van der Waals surface area contributed by atoms with Gasteiger partial charge in [-0.2, -0.15) is 0 Å². The van der Waals surface area contributed by atoms with Crippen molar-refractivity contribution in [3.63, 3.8) is 0 Å². The van der Waals surface area contributed by atoms with Crippen LogP contribution in [-0.4, -0.2) is 9.97 Å². The van der Waals surface area contributed by atoms with Crippen molar-refractivity contribution in [1.29, 1.82) is 0 Å². The first kappa shape index (κ1) is 11.9. The van der Waals surface area contributed by atoms with Crippen molar-refractivity contribution in [2.24, 2.45) is 0 Å². The number of hydrogen-bond donors (Lipinski definition) is 1. The maximum atomic E-state index is 5.96. The van der Waals surface area contributed by atoms with Gasteiger partial charge in [-0.3, -0.25) is 0 Å². The molecule has 0 atom stereocenters. The molecule has 2 aromatic rings. The first-order valence-electron chi connectivity index (χ1n) is 4.30. The average Bonchev–Trinajstić information content (AvgIpc) is 2.74. The van der Waals surface area contributed by atoms with Crippen LogP contribution in [0.1, 0.15) is 5.01 Å². The Kier molecular flexibility index (Phi) is 3.86. The number of pyridine rings is 1. The summed E-state index contributed by atoms with van der Waals surface area (Å²) in [5.41, 5.74) is 0. The van der Waals surface area contributed by atoms with E-state index < -0.39 is 0 Å². The Balaban J connectivity index is 2.12. The molecule has 84 valence electrons. The zero-order valence-corrected chi connectivity index (χ0v) is 11.0. The average molecular weight is 295 g/mol. The van der Waals surface area contributed by atoms with Gasteiger partial charge >= 0.3 is 0 Å². The van der Waals surface area contributed by atoms with Gasteiger partial charge in [0.2, 0.25) is 0 Å². The molecule has 0 saturated carbocycles. The van der Waals surface area contributed by atoms with Gasteiger partial charge in [-0.1, -0.05) is 34.8 Å². The van der Waals surface area contributed by atoms with Crippen molar-refractivity contribution >= 4 is 52.0 Å². The highest BCUT2D eigenvalue weighted by atomic mass is 35.5. The maximum Gasteiger partial charge on any atom is 0.150 e. The highest BCUT2D eigenvalue weighted by Crippen LogP contribution is 2.29. The quantitative estimate of drug-likeness (QED) is 0.866. The zero-order chi connectivity index (χ0) is 11.5. The van der Waals surface area contributed by atoms with Crippen molar-refractivity contribution < 1.29 is 0 Å². The number of halogens is 3. The fourth-order valence-corrected chi connectivity index (χ4v) is 2.19. The largest absolute Gasteiger partial charge is 0.362 e. The highest BCUT2D eigenvalue weighted by molar-refractivity contribution is 7.09. The summed E-state index contributed by atoms with van der Waals surface area (Å²) < 4.78 is 0. The third kappa shape index (κ3) is 2.77. The molecule has 2 aromatic heterocycles. The molecule has 7 heteroatoms. The monoisotopic (exact) mass is 293 g/mol. The van der Waals surface area contributed by atoms with Crippen LogP contribution in [0.25, 0.3) is 0 Å². The number of aromatic nitrogens is 2. The van der Waals surface area contributed by atoms with Crippen LogP contribution in [0.5, 0.6) is 0 Å². The molecule has 2 heterocycles. The summed E-state index contributed by atoms with van der Waals surface area (Å²) in [5, 5.41) is 6.90. The van der Waals surface area contributed by atoms with Gasteiger partial charge in [-0.05, 0) is 6.07 Å². The van der Waals surface area contributed by atoms with Gasteiger partial charge in [0.1, 0.15) is 16.0 Å². The normalized spacial score (nSPS) is 10.4. The molecule has 16 heavy (non-hydrogen) atoms. The van der Waals surface area contributed by atoms with Gasteiger partial charge in [0.25, 0.3) is 0 Å². The highest BCUT2D eigenvalue weighted by Gasteiger charge is 2.07. The van der Waals surface area contributed by atoms with E-state index in [-0.39, 0.29) is 5.15 Å². The van der Waals surface area contributed by atoms with E-state index in [4.69, 9.17) is 34.8 Å². The lowest BCUT2D eigenvalue weighted by Crippen LogP contribution is -2.01. The Morgan fingerprint density at radius 1 is 1.25 bits per heavy atom. The number of thiazole rings is 1. The smallest absolute Gasteiger partial charge is 0.150 e. The van der Waals surface area contributed by atoms with E-state index in [1.54, 1.807) is 23.6 Å². The topological polar surface area (TPSA) is 37.8 Å². The van der Waals surface area contributed by atoms with Gasteiger partial charge in [0.05, 0.1) is 16.6 Å². The van der Waals surface area contributed by atoms with E-state index in [0.717, 1.165) is 5.01 Å². The number of nitrogens with zero attached hydrogens (tertiary/aromatic N) is 2. The fourth-order valence-electron chi connectivity index (χ4n) is 1.07. The second kappa shape index (κ2) is 5.19. The summed E-state index contributed by atoms with van der Waals surface area (Å²) in [6.45, 7) is 0.558. The minimum absolute atomic E-state index is 0.229. The van der Waals surface area contributed by atoms with Crippen molar-refractivity contribution in [2.45, 2.75) is 6.54 Å². The van der Waals surface area contributed by atoms with Gasteiger partial charge in [0, 0.05) is 11.6 Å². The van der Waals surface area contributed by atoms with Crippen LogP contribution in [0.15, 0.2) is 17.6 Å². The lowest BCUT2D eigenvalue weighted by molar-refractivity contribution is 1.08. The lowest BCUT2D eigenvalue weighted by atomic mass is 10.4. The summed E-state index contributed by atoms with van der Waals surface area (Å²) >= 11 is 19.1. The summed E-state index contributed by atoms with van der Waals surface area (Å²) in [6, 6.07) is 1.56. The van der Waals surface area contributed by atoms with Crippen molar-refractivity contribution in [1.82, 2.24) is 9.97 Å². The molecule has 0 unspecified atom stereocenters. The summed E-state index contributed by atoms with van der Waals surface area (Å²) in [7, 11) is 0. The SMILES string of the molecule is Clc1cc(Cl)c(NCc2nccs2)nc1Cl. The molecule has 0 radical (unpaired) electrons. The molecular weight excluding hydrogens is 289 g/mol. The number of rotatable bonds is 3. The van der Waals surface area contributed by atoms with Gasteiger partial charge in [-0.25, -0.2) is 9.97 Å². The van der Waals surface area contributed by atoms with Crippen LogP contribution in [-0.2, 0) is 6.54 Å². The first-order valence-corrected chi connectivity index (χ1v) is 6.32. The third-order valence-corrected chi connectivity index (χ3v) is 3.52. The Morgan fingerprint density at radius 2 is 2.06 bits per heavy atom. The summed E-state index contributed by atoms with van der Waals surface area (Å²) in [5.74, 6) is 0.506. The predicted molar refractivity (Wildman–Crippen MR) is 68.7 cm³/mol. The van der Waals surface area contributed by atoms with Gasteiger partial charge in [-0.15, -0.1) is 11.3 Å². The minimum atomic E-state index is 0.229. The summed E-state index contributed by atoms with van der Waals surface area (Å²) in [6.07, 6.45) is 1.74. The first-order chi connectivity index (χ1) is 7.66. The van der Waals surface area contributed by atoms with Crippen LogP contribution in [0.2, 0.25) is 15.2 Å². The molecule has 0 amide bonds. The molecule has 1 N–H and O–H groups in total. The molecule has 0 aromatic carbocycles. The van der Waals surface area contributed by atoms with Crippen LogP contribution < -0.4 is 5.32 Å². The minimum Gasteiger partial charge on any atom is -0.362 e. The molecule has 0 aliphatic heterocycles. The van der Waals surface area contributed by atoms with Crippen molar-refractivity contribution in [2.75, 3.05) is 5.32 Å². The van der Waals surface area contributed by atoms with E-state index in [9.17, 15) is 0 Å². The fraction of sp³-hybridized carbons (Fsp3) is 0.111. The van der Waals surface area contributed by atoms with Crippen LogP contribution in [0.4, 0.5) is 5.82 Å². The standard InChI is InChI=1S/C9H6Cl3N3S/c10-5-3-6(11)9(15-8(5)12)14-4-7-13-1-2-16-7/h1-3H,4H2,(H,14,15). The predicted octanol–water partition coefficient (Wildman–Crippen LogP) is 4.11. The Bertz CT molecular complexity index is 487. The maximum absolute atomic E-state index is 5.96. The Hall–Kier alpha value is -0.550. The molecule has 0 fully saturated rings. The Labute approximate surface area is 111 Å². The van der Waals surface area contributed by atoms with Crippen molar-refractivity contribution in [3.05, 3.63) is 37.8 Å². The second-order valence-corrected chi connectivity index (χ2v) is 5.02. The molecule has 0 bridgehead atoms. The molecule has 2 rings (SSSR count). The third-order valence-electron chi connectivity index (χ3n) is 1.78. The summed E-state index contributed by atoms with van der Waals surface area (Å²) in [4.78, 5) is 8.17. The Morgan fingerprint density at radius 3 is 2.75 bits per heavy atom. The molecule has 0 aliphatic carbocycles. The molecule has 0 spiro atoms. The lowest BCUT2D eigenvalue weighted by Gasteiger charge is -2.06. The molecular formula is C9H6Cl3N3S. The van der Waals surface area contributed by atoms with E-state index >= 15 is 0 Å². The molecule has 3 nitrogen and oxygen atoms in total. The van der Waals surface area contributed by atoms with Crippen LogP contribution >= 0.6 is 46.1 Å². The molecule has 0 aliphatic rings. The number of hydrogen-bond acceptors (Lipinski definition) is 4. The van der Waals surface area contributed by atoms with Crippen LogP contribution in [0, 0.1) is 0 Å². The van der Waals surface area contributed by atoms with E-state index in [2.05, 4.69) is 15.3 Å².